The van der Waals surface area contributed by atoms with Crippen molar-refractivity contribution >= 4 is 34.5 Å². The SMILES string of the molecule is Cc1c(C(=O)N2CCC(c3ccc4c(c3)CN(C3CCC(=O)NC3=O)C4=O)CC2)[nH]c2cc(F)ccc12. The molecule has 2 N–H and O–H groups in total. The van der Waals surface area contributed by atoms with Gasteiger partial charge in [-0.2, -0.15) is 0 Å². The molecule has 0 aliphatic carbocycles. The molecule has 0 saturated carbocycles. The van der Waals surface area contributed by atoms with Gasteiger partial charge in [0.2, 0.25) is 11.8 Å². The molecule has 2 saturated heterocycles. The zero-order valence-corrected chi connectivity index (χ0v) is 20.5. The number of fused-ring (bicyclic) bond motifs is 2. The normalized spacial score (nSPS) is 20.5. The third-order valence-corrected chi connectivity index (χ3v) is 8.04. The molecule has 0 bridgehead atoms. The van der Waals surface area contributed by atoms with Gasteiger partial charge in [0.1, 0.15) is 17.6 Å². The van der Waals surface area contributed by atoms with Crippen LogP contribution in [0.25, 0.3) is 10.9 Å². The number of nitrogens with zero attached hydrogens (tertiary/aromatic N) is 2. The van der Waals surface area contributed by atoms with E-state index in [4.69, 9.17) is 0 Å². The maximum atomic E-state index is 13.6. The number of aryl methyl sites for hydroxylation is 1. The summed E-state index contributed by atoms with van der Waals surface area (Å²) in [6.07, 6.45) is 2.16. The van der Waals surface area contributed by atoms with Crippen molar-refractivity contribution in [3.8, 4) is 0 Å². The molecule has 9 heteroatoms. The topological polar surface area (TPSA) is 103 Å². The van der Waals surface area contributed by atoms with Gasteiger partial charge >= 0.3 is 0 Å². The smallest absolute Gasteiger partial charge is 0.270 e. The Balaban J connectivity index is 1.13. The van der Waals surface area contributed by atoms with Crippen LogP contribution in [0.5, 0.6) is 0 Å². The van der Waals surface area contributed by atoms with E-state index in [9.17, 15) is 23.6 Å². The highest BCUT2D eigenvalue weighted by atomic mass is 19.1. The predicted octanol–water partition coefficient (Wildman–Crippen LogP) is 3.40. The first-order valence-electron chi connectivity index (χ1n) is 12.6. The number of nitrogens with one attached hydrogen (secondary N) is 2. The Hall–Kier alpha value is -4.01. The first kappa shape index (κ1) is 23.4. The Labute approximate surface area is 212 Å². The molecule has 3 aliphatic heterocycles. The molecule has 2 aromatic carbocycles. The van der Waals surface area contributed by atoms with Crippen LogP contribution in [0.15, 0.2) is 36.4 Å². The van der Waals surface area contributed by atoms with Crippen molar-refractivity contribution in [1.29, 1.82) is 0 Å². The number of hydrogen-bond donors (Lipinski definition) is 2. The van der Waals surface area contributed by atoms with Crippen LogP contribution in [0.1, 0.15) is 69.1 Å². The monoisotopic (exact) mass is 502 g/mol. The Kier molecular flexibility index (Phi) is 5.58. The molecule has 8 nitrogen and oxygen atoms in total. The van der Waals surface area contributed by atoms with Crippen LogP contribution >= 0.6 is 0 Å². The Morgan fingerprint density at radius 1 is 1.03 bits per heavy atom. The number of halogens is 1. The van der Waals surface area contributed by atoms with Crippen LogP contribution in [0.4, 0.5) is 4.39 Å². The van der Waals surface area contributed by atoms with Crippen molar-refractivity contribution in [2.45, 2.75) is 51.1 Å². The van der Waals surface area contributed by atoms with E-state index in [0.717, 1.165) is 34.9 Å². The number of aromatic amines is 1. The Morgan fingerprint density at radius 2 is 1.81 bits per heavy atom. The minimum absolute atomic E-state index is 0.0769. The average Bonchev–Trinajstić information content (AvgIpc) is 3.39. The third-order valence-electron chi connectivity index (χ3n) is 8.04. The van der Waals surface area contributed by atoms with E-state index >= 15 is 0 Å². The van der Waals surface area contributed by atoms with E-state index in [1.54, 1.807) is 11.0 Å². The lowest BCUT2D eigenvalue weighted by atomic mass is 9.87. The molecule has 0 radical (unpaired) electrons. The van der Waals surface area contributed by atoms with Crippen molar-refractivity contribution in [2.75, 3.05) is 13.1 Å². The van der Waals surface area contributed by atoms with Crippen LogP contribution in [-0.2, 0) is 16.1 Å². The maximum absolute atomic E-state index is 13.6. The first-order chi connectivity index (χ1) is 17.8. The number of aromatic nitrogens is 1. The van der Waals surface area contributed by atoms with Crippen LogP contribution in [0, 0.1) is 12.7 Å². The number of carbonyl (C=O) groups excluding carboxylic acids is 4. The van der Waals surface area contributed by atoms with E-state index in [0.29, 0.717) is 42.8 Å². The second kappa shape index (κ2) is 8.83. The average molecular weight is 503 g/mol. The first-order valence-corrected chi connectivity index (χ1v) is 12.6. The lowest BCUT2D eigenvalue weighted by molar-refractivity contribution is -0.136. The van der Waals surface area contributed by atoms with E-state index in [2.05, 4.69) is 16.4 Å². The number of rotatable bonds is 3. The summed E-state index contributed by atoms with van der Waals surface area (Å²) in [5, 5.41) is 3.18. The lowest BCUT2D eigenvalue weighted by Gasteiger charge is -2.32. The van der Waals surface area contributed by atoms with Gasteiger partial charge in [-0.05, 0) is 73.1 Å². The van der Waals surface area contributed by atoms with Gasteiger partial charge in [0.15, 0.2) is 0 Å². The minimum atomic E-state index is -0.625. The molecule has 4 heterocycles. The zero-order chi connectivity index (χ0) is 25.8. The van der Waals surface area contributed by atoms with Gasteiger partial charge in [-0.3, -0.25) is 24.5 Å². The molecule has 6 rings (SSSR count). The predicted molar refractivity (Wildman–Crippen MR) is 133 cm³/mol. The summed E-state index contributed by atoms with van der Waals surface area (Å²) in [7, 11) is 0. The second-order valence-electron chi connectivity index (χ2n) is 10.2. The lowest BCUT2D eigenvalue weighted by Crippen LogP contribution is -2.52. The molecule has 0 spiro atoms. The zero-order valence-electron chi connectivity index (χ0n) is 20.5. The summed E-state index contributed by atoms with van der Waals surface area (Å²) in [5.74, 6) is -1.05. The molecule has 3 aliphatic rings. The van der Waals surface area contributed by atoms with Crippen molar-refractivity contribution in [2.24, 2.45) is 0 Å². The van der Waals surface area contributed by atoms with Crippen molar-refractivity contribution < 1.29 is 23.6 Å². The van der Waals surface area contributed by atoms with E-state index in [1.165, 1.54) is 12.1 Å². The molecule has 3 aromatic rings. The molecule has 37 heavy (non-hydrogen) atoms. The highest BCUT2D eigenvalue weighted by Crippen LogP contribution is 2.34. The number of H-pyrrole nitrogens is 1. The van der Waals surface area contributed by atoms with Crippen LogP contribution < -0.4 is 5.32 Å². The van der Waals surface area contributed by atoms with Crippen LogP contribution in [0.3, 0.4) is 0 Å². The standard InChI is InChI=1S/C28H27FN4O4/c1-15-20-5-3-19(29)13-22(20)30-25(15)28(37)32-10-8-16(9-11-32)17-2-4-21-18(12-17)14-33(27(21)36)23-6-7-24(34)31-26(23)35/h2-5,12-13,16,23,30H,6-11,14H2,1H3,(H,31,34,35). The molecular formula is C28H27FN4O4. The summed E-state index contributed by atoms with van der Waals surface area (Å²) in [6, 6.07) is 9.74. The number of imide groups is 1. The third kappa shape index (κ3) is 3.98. The van der Waals surface area contributed by atoms with Gasteiger partial charge in [0.05, 0.1) is 0 Å². The van der Waals surface area contributed by atoms with E-state index in [1.807, 2.05) is 24.0 Å². The van der Waals surface area contributed by atoms with E-state index < -0.39 is 11.9 Å². The molecular weight excluding hydrogens is 475 g/mol. The second-order valence-corrected chi connectivity index (χ2v) is 10.2. The number of likely N-dealkylation sites (tertiary alicyclic amines) is 1. The largest absolute Gasteiger partial charge is 0.350 e. The Bertz CT molecular complexity index is 1470. The number of benzene rings is 2. The highest BCUT2D eigenvalue weighted by Gasteiger charge is 2.39. The molecule has 4 amide bonds. The maximum Gasteiger partial charge on any atom is 0.270 e. The number of amides is 4. The van der Waals surface area contributed by atoms with Gasteiger partial charge in [0, 0.05) is 42.5 Å². The summed E-state index contributed by atoms with van der Waals surface area (Å²) < 4.78 is 13.6. The van der Waals surface area contributed by atoms with Crippen LogP contribution in [-0.4, -0.2) is 57.5 Å². The quantitative estimate of drug-likeness (QED) is 0.536. The van der Waals surface area contributed by atoms with E-state index in [-0.39, 0.29) is 35.9 Å². The molecule has 1 unspecified atom stereocenters. The highest BCUT2D eigenvalue weighted by molar-refractivity contribution is 6.05. The number of piperidine rings is 2. The molecule has 190 valence electrons. The van der Waals surface area contributed by atoms with Crippen molar-refractivity contribution in [3.63, 3.8) is 0 Å². The minimum Gasteiger partial charge on any atom is -0.350 e. The van der Waals surface area contributed by atoms with Gasteiger partial charge in [0.25, 0.3) is 11.8 Å². The molecule has 2 fully saturated rings. The molecule has 1 aromatic heterocycles. The fourth-order valence-electron chi connectivity index (χ4n) is 5.95. The summed E-state index contributed by atoms with van der Waals surface area (Å²) in [6.45, 7) is 3.43. The van der Waals surface area contributed by atoms with Gasteiger partial charge in [-0.1, -0.05) is 12.1 Å². The summed E-state index contributed by atoms with van der Waals surface area (Å²) in [4.78, 5) is 56.5. The van der Waals surface area contributed by atoms with Crippen molar-refractivity contribution in [3.05, 3.63) is 70.2 Å². The van der Waals surface area contributed by atoms with Crippen LogP contribution in [0.2, 0.25) is 0 Å². The fourth-order valence-corrected chi connectivity index (χ4v) is 5.95. The Morgan fingerprint density at radius 3 is 2.57 bits per heavy atom. The summed E-state index contributed by atoms with van der Waals surface area (Å²) in [5.41, 5.74) is 4.57. The number of carbonyl (C=O) groups is 4. The summed E-state index contributed by atoms with van der Waals surface area (Å²) >= 11 is 0. The van der Waals surface area contributed by atoms with Gasteiger partial charge < -0.3 is 14.8 Å². The number of hydrogen-bond acceptors (Lipinski definition) is 4. The van der Waals surface area contributed by atoms with Gasteiger partial charge in [-0.15, -0.1) is 0 Å². The fraction of sp³-hybridized carbons (Fsp3) is 0.357. The van der Waals surface area contributed by atoms with Crippen molar-refractivity contribution in [1.82, 2.24) is 20.1 Å². The molecule has 1 atom stereocenters. The van der Waals surface area contributed by atoms with Gasteiger partial charge in [-0.25, -0.2) is 4.39 Å².